The summed E-state index contributed by atoms with van der Waals surface area (Å²) in [5.41, 5.74) is 5.48. The van der Waals surface area contributed by atoms with Crippen LogP contribution in [-0.4, -0.2) is 66.7 Å². The van der Waals surface area contributed by atoms with Crippen LogP contribution in [0.4, 0.5) is 0 Å². The second-order valence-electron chi connectivity index (χ2n) is 4.29. The van der Waals surface area contributed by atoms with E-state index in [1.807, 2.05) is 11.9 Å². The number of likely N-dealkylation sites (tertiary alicyclic amines) is 1. The van der Waals surface area contributed by atoms with E-state index in [4.69, 9.17) is 10.8 Å². The molecule has 88 valence electrons. The number of nitrogens with two attached hydrogens (primary N) is 1. The number of carboxylic acids is 1. The molecule has 1 atom stereocenters. The number of aliphatic carboxylic acids is 1. The Morgan fingerprint density at radius 2 is 2.13 bits per heavy atom. The van der Waals surface area contributed by atoms with Crippen LogP contribution in [0.25, 0.3) is 0 Å². The fourth-order valence-corrected chi connectivity index (χ4v) is 2.10. The highest BCUT2D eigenvalue weighted by Gasteiger charge is 2.28. The molecule has 1 saturated heterocycles. The summed E-state index contributed by atoms with van der Waals surface area (Å²) in [6.07, 6.45) is 2.05. The molecule has 1 aliphatic heterocycles. The summed E-state index contributed by atoms with van der Waals surface area (Å²) in [6.45, 7) is 2.25. The second-order valence-corrected chi connectivity index (χ2v) is 4.29. The third-order valence-electron chi connectivity index (χ3n) is 3.26. The van der Waals surface area contributed by atoms with Crippen molar-refractivity contribution in [3.8, 4) is 0 Å². The minimum absolute atomic E-state index is 0.179. The lowest BCUT2D eigenvalue weighted by Gasteiger charge is -2.37. The first kappa shape index (κ1) is 12.4. The third-order valence-corrected chi connectivity index (χ3v) is 3.26. The van der Waals surface area contributed by atoms with Crippen molar-refractivity contribution in [3.05, 3.63) is 0 Å². The van der Waals surface area contributed by atoms with Crippen LogP contribution >= 0.6 is 0 Å². The maximum Gasteiger partial charge on any atom is 0.322 e. The first-order chi connectivity index (χ1) is 7.06. The standard InChI is InChI=1S/C10H21N3O2/c1-12-5-3-8(4-6-12)13(2)9(7-11)10(14)15/h8-9H,3-7,11H2,1-2H3,(H,14,15). The lowest BCUT2D eigenvalue weighted by atomic mass is 10.0. The van der Waals surface area contributed by atoms with Crippen LogP contribution in [0.5, 0.6) is 0 Å². The molecule has 3 N–H and O–H groups in total. The number of rotatable bonds is 4. The topological polar surface area (TPSA) is 69.8 Å². The van der Waals surface area contributed by atoms with Gasteiger partial charge >= 0.3 is 5.97 Å². The first-order valence-electron chi connectivity index (χ1n) is 5.39. The Balaban J connectivity index is 2.51. The molecule has 1 rings (SSSR count). The van der Waals surface area contributed by atoms with Gasteiger partial charge in [-0.2, -0.15) is 0 Å². The summed E-state index contributed by atoms with van der Waals surface area (Å²) >= 11 is 0. The molecule has 0 aliphatic carbocycles. The van der Waals surface area contributed by atoms with Crippen molar-refractivity contribution < 1.29 is 9.90 Å². The first-order valence-corrected chi connectivity index (χ1v) is 5.39. The van der Waals surface area contributed by atoms with Crippen LogP contribution in [0.2, 0.25) is 0 Å². The number of hydrogen-bond donors (Lipinski definition) is 2. The molecule has 15 heavy (non-hydrogen) atoms. The monoisotopic (exact) mass is 215 g/mol. The van der Waals surface area contributed by atoms with Crippen LogP contribution in [0.3, 0.4) is 0 Å². The largest absolute Gasteiger partial charge is 0.480 e. The van der Waals surface area contributed by atoms with E-state index < -0.39 is 12.0 Å². The zero-order chi connectivity index (χ0) is 11.4. The quantitative estimate of drug-likeness (QED) is 0.657. The molecule has 1 fully saturated rings. The van der Waals surface area contributed by atoms with Crippen molar-refractivity contribution in [2.45, 2.75) is 24.9 Å². The molecule has 1 unspecified atom stereocenters. The molecule has 0 spiro atoms. The van der Waals surface area contributed by atoms with E-state index in [9.17, 15) is 4.79 Å². The van der Waals surface area contributed by atoms with E-state index in [1.165, 1.54) is 0 Å². The van der Waals surface area contributed by atoms with Crippen LogP contribution in [0, 0.1) is 0 Å². The van der Waals surface area contributed by atoms with E-state index in [2.05, 4.69) is 11.9 Å². The smallest absolute Gasteiger partial charge is 0.322 e. The van der Waals surface area contributed by atoms with E-state index in [1.54, 1.807) is 0 Å². The number of nitrogens with zero attached hydrogens (tertiary/aromatic N) is 2. The van der Waals surface area contributed by atoms with Crippen LogP contribution in [0.15, 0.2) is 0 Å². The Morgan fingerprint density at radius 3 is 2.53 bits per heavy atom. The van der Waals surface area contributed by atoms with Gasteiger partial charge in [0.1, 0.15) is 6.04 Å². The number of piperidine rings is 1. The molecule has 0 aromatic heterocycles. The Bertz CT molecular complexity index is 215. The Labute approximate surface area is 90.8 Å². The molecule has 1 aliphatic rings. The number of carbonyl (C=O) groups is 1. The molecule has 5 heteroatoms. The van der Waals surface area contributed by atoms with Crippen molar-refractivity contribution in [1.82, 2.24) is 9.80 Å². The van der Waals surface area contributed by atoms with Gasteiger partial charge in [-0.1, -0.05) is 0 Å². The summed E-state index contributed by atoms with van der Waals surface area (Å²) in [7, 11) is 3.95. The molecule has 0 amide bonds. The van der Waals surface area contributed by atoms with E-state index in [-0.39, 0.29) is 6.54 Å². The highest BCUT2D eigenvalue weighted by molar-refractivity contribution is 5.73. The summed E-state index contributed by atoms with van der Waals surface area (Å²) in [5, 5.41) is 8.99. The van der Waals surface area contributed by atoms with Crippen LogP contribution in [-0.2, 0) is 4.79 Å². The number of likely N-dealkylation sites (N-methyl/N-ethyl adjacent to an activating group) is 1. The molecular formula is C10H21N3O2. The SMILES string of the molecule is CN1CCC(N(C)C(CN)C(=O)O)CC1. The van der Waals surface area contributed by atoms with Gasteiger partial charge in [0, 0.05) is 12.6 Å². The molecule has 1 heterocycles. The molecular weight excluding hydrogens is 194 g/mol. The van der Waals surface area contributed by atoms with Crippen LogP contribution in [0.1, 0.15) is 12.8 Å². The normalized spacial score (nSPS) is 21.9. The molecule has 0 bridgehead atoms. The zero-order valence-corrected chi connectivity index (χ0v) is 9.52. The Hall–Kier alpha value is -0.650. The minimum Gasteiger partial charge on any atom is -0.480 e. The predicted molar refractivity (Wildman–Crippen MR) is 58.8 cm³/mol. The van der Waals surface area contributed by atoms with Gasteiger partial charge in [0.2, 0.25) is 0 Å². The molecule has 0 radical (unpaired) electrons. The molecule has 5 nitrogen and oxygen atoms in total. The van der Waals surface area contributed by atoms with Crippen molar-refractivity contribution in [2.24, 2.45) is 5.73 Å². The average molecular weight is 215 g/mol. The fraction of sp³-hybridized carbons (Fsp3) is 0.900. The van der Waals surface area contributed by atoms with E-state index in [0.717, 1.165) is 25.9 Å². The highest BCUT2D eigenvalue weighted by atomic mass is 16.4. The summed E-state index contributed by atoms with van der Waals surface area (Å²) in [4.78, 5) is 15.1. The highest BCUT2D eigenvalue weighted by Crippen LogP contribution is 2.16. The molecule has 0 aromatic rings. The average Bonchev–Trinajstić information content (AvgIpc) is 2.19. The fourth-order valence-electron chi connectivity index (χ4n) is 2.10. The summed E-state index contributed by atoms with van der Waals surface area (Å²) in [5.74, 6) is -0.820. The second kappa shape index (κ2) is 5.44. The lowest BCUT2D eigenvalue weighted by Crippen LogP contribution is -2.51. The third kappa shape index (κ3) is 3.15. The maximum atomic E-state index is 10.9. The van der Waals surface area contributed by atoms with Crippen LogP contribution < -0.4 is 5.73 Å². The van der Waals surface area contributed by atoms with Crippen molar-refractivity contribution in [3.63, 3.8) is 0 Å². The number of carboxylic acid groups (broad SMARTS) is 1. The van der Waals surface area contributed by atoms with Gasteiger partial charge in [0.15, 0.2) is 0 Å². The minimum atomic E-state index is -0.820. The predicted octanol–water partition coefficient (Wildman–Crippen LogP) is -0.576. The van der Waals surface area contributed by atoms with Gasteiger partial charge in [-0.15, -0.1) is 0 Å². The van der Waals surface area contributed by atoms with Gasteiger partial charge in [-0.05, 0) is 40.0 Å². The van der Waals surface area contributed by atoms with Gasteiger partial charge < -0.3 is 15.7 Å². The summed E-state index contributed by atoms with van der Waals surface area (Å²) < 4.78 is 0. The number of hydrogen-bond acceptors (Lipinski definition) is 4. The van der Waals surface area contributed by atoms with Gasteiger partial charge in [-0.25, -0.2) is 0 Å². The molecule has 0 aromatic carbocycles. The van der Waals surface area contributed by atoms with E-state index >= 15 is 0 Å². The molecule has 0 saturated carbocycles. The zero-order valence-electron chi connectivity index (χ0n) is 9.52. The van der Waals surface area contributed by atoms with Crippen molar-refractivity contribution in [1.29, 1.82) is 0 Å². The maximum absolute atomic E-state index is 10.9. The van der Waals surface area contributed by atoms with Crippen molar-refractivity contribution >= 4 is 5.97 Å². The van der Waals surface area contributed by atoms with Gasteiger partial charge in [0.05, 0.1) is 0 Å². The Morgan fingerprint density at radius 1 is 1.60 bits per heavy atom. The van der Waals surface area contributed by atoms with E-state index in [0.29, 0.717) is 6.04 Å². The Kier molecular flexibility index (Phi) is 4.50. The summed E-state index contributed by atoms with van der Waals surface area (Å²) in [6, 6.07) is -0.191. The van der Waals surface area contributed by atoms with Gasteiger partial charge in [-0.3, -0.25) is 9.69 Å². The van der Waals surface area contributed by atoms with Crippen molar-refractivity contribution in [2.75, 3.05) is 33.7 Å². The van der Waals surface area contributed by atoms with Gasteiger partial charge in [0.25, 0.3) is 0 Å². The lowest BCUT2D eigenvalue weighted by molar-refractivity contribution is -0.143.